The summed E-state index contributed by atoms with van der Waals surface area (Å²) in [4.78, 5) is 19.8. The highest BCUT2D eigenvalue weighted by Gasteiger charge is 2.23. The van der Waals surface area contributed by atoms with Gasteiger partial charge in [-0.25, -0.2) is 4.98 Å². The number of fused-ring (bicyclic) bond motifs is 2. The second-order valence-corrected chi connectivity index (χ2v) is 7.94. The molecule has 0 aliphatic carbocycles. The van der Waals surface area contributed by atoms with Gasteiger partial charge in [0.25, 0.3) is 5.56 Å². The number of benzene rings is 1. The van der Waals surface area contributed by atoms with Crippen molar-refractivity contribution in [1.29, 1.82) is 0 Å². The first-order valence-corrected chi connectivity index (χ1v) is 9.81. The standard InChI is InChI=1S/C21H22N2O4S/c1-11-12(2)28-20-17(11)21(24)23-7-6-14(19(23)22-20)8-13-9-15(25-3)18(27-5)16(10-13)26-4/h8-10H,6-7H2,1-5H3/b14-8+. The van der Waals surface area contributed by atoms with Crippen LogP contribution in [0, 0.1) is 13.8 Å². The Bertz CT molecular complexity index is 1150. The molecule has 1 aliphatic rings. The van der Waals surface area contributed by atoms with Crippen LogP contribution in [0.1, 0.15) is 28.2 Å². The van der Waals surface area contributed by atoms with Crippen LogP contribution in [0.15, 0.2) is 16.9 Å². The third kappa shape index (κ3) is 2.77. The first-order valence-electron chi connectivity index (χ1n) is 9.00. The predicted octanol–water partition coefficient (Wildman–Crippen LogP) is 4.04. The minimum atomic E-state index is 0.0511. The second-order valence-electron chi connectivity index (χ2n) is 6.73. The molecule has 1 aliphatic heterocycles. The Labute approximate surface area is 167 Å². The molecule has 28 heavy (non-hydrogen) atoms. The quantitative estimate of drug-likeness (QED) is 0.664. The average Bonchev–Trinajstić information content (AvgIpc) is 3.22. The van der Waals surface area contributed by atoms with Crippen LogP contribution < -0.4 is 19.8 Å². The van der Waals surface area contributed by atoms with Crippen LogP contribution in [0.4, 0.5) is 0 Å². The van der Waals surface area contributed by atoms with Crippen molar-refractivity contribution in [2.75, 3.05) is 21.3 Å². The van der Waals surface area contributed by atoms with Gasteiger partial charge < -0.3 is 14.2 Å². The SMILES string of the molecule is COc1cc(/C=C2\CCn3c2nc2sc(C)c(C)c2c3=O)cc(OC)c1OC. The number of nitrogens with zero attached hydrogens (tertiary/aromatic N) is 2. The lowest BCUT2D eigenvalue weighted by molar-refractivity contribution is 0.324. The number of hydrogen-bond acceptors (Lipinski definition) is 6. The first kappa shape index (κ1) is 18.6. The molecule has 0 fully saturated rings. The van der Waals surface area contributed by atoms with Gasteiger partial charge in [-0.05, 0) is 55.2 Å². The van der Waals surface area contributed by atoms with Gasteiger partial charge in [0.15, 0.2) is 11.5 Å². The van der Waals surface area contributed by atoms with E-state index in [-0.39, 0.29) is 5.56 Å². The molecule has 6 nitrogen and oxygen atoms in total. The van der Waals surface area contributed by atoms with Gasteiger partial charge in [-0.15, -0.1) is 11.3 Å². The Morgan fingerprint density at radius 2 is 1.79 bits per heavy atom. The van der Waals surface area contributed by atoms with E-state index in [1.807, 2.05) is 32.1 Å². The molecule has 0 radical (unpaired) electrons. The number of hydrogen-bond donors (Lipinski definition) is 0. The highest BCUT2D eigenvalue weighted by molar-refractivity contribution is 7.18. The van der Waals surface area contributed by atoms with Gasteiger partial charge in [0, 0.05) is 11.4 Å². The molecule has 4 rings (SSSR count). The molecule has 0 bridgehead atoms. The lowest BCUT2D eigenvalue weighted by Gasteiger charge is -2.13. The topological polar surface area (TPSA) is 62.6 Å². The largest absolute Gasteiger partial charge is 0.493 e. The fourth-order valence-electron chi connectivity index (χ4n) is 3.65. The lowest BCUT2D eigenvalue weighted by atomic mass is 10.1. The van der Waals surface area contributed by atoms with Crippen molar-refractivity contribution in [3.8, 4) is 17.2 Å². The van der Waals surface area contributed by atoms with Crippen molar-refractivity contribution < 1.29 is 14.2 Å². The van der Waals surface area contributed by atoms with E-state index in [1.165, 1.54) is 0 Å². The predicted molar refractivity (Wildman–Crippen MR) is 112 cm³/mol. The first-order chi connectivity index (χ1) is 13.5. The van der Waals surface area contributed by atoms with E-state index in [4.69, 9.17) is 19.2 Å². The van der Waals surface area contributed by atoms with E-state index in [2.05, 4.69) is 0 Å². The molecule has 2 aromatic heterocycles. The van der Waals surface area contributed by atoms with E-state index in [9.17, 15) is 4.79 Å². The maximum atomic E-state index is 13.0. The highest BCUT2D eigenvalue weighted by Crippen LogP contribution is 2.40. The normalized spacial score (nSPS) is 14.5. The van der Waals surface area contributed by atoms with Gasteiger partial charge in [-0.3, -0.25) is 9.36 Å². The fraction of sp³-hybridized carbons (Fsp3) is 0.333. The fourth-order valence-corrected chi connectivity index (χ4v) is 4.67. The van der Waals surface area contributed by atoms with Gasteiger partial charge in [-0.1, -0.05) is 0 Å². The summed E-state index contributed by atoms with van der Waals surface area (Å²) in [6, 6.07) is 3.79. The molecule has 3 heterocycles. The summed E-state index contributed by atoms with van der Waals surface area (Å²) < 4.78 is 18.1. The number of allylic oxidation sites excluding steroid dienone is 1. The van der Waals surface area contributed by atoms with Crippen molar-refractivity contribution in [3.05, 3.63) is 44.3 Å². The monoisotopic (exact) mass is 398 g/mol. The average molecular weight is 398 g/mol. The summed E-state index contributed by atoms with van der Waals surface area (Å²) in [6.07, 6.45) is 2.79. The lowest BCUT2D eigenvalue weighted by Crippen LogP contribution is -2.20. The summed E-state index contributed by atoms with van der Waals surface area (Å²) in [5, 5.41) is 0.750. The molecule has 0 N–H and O–H groups in total. The number of aromatic nitrogens is 2. The molecule has 7 heteroatoms. The smallest absolute Gasteiger partial charge is 0.262 e. The summed E-state index contributed by atoms with van der Waals surface area (Å²) in [6.45, 7) is 4.66. The summed E-state index contributed by atoms with van der Waals surface area (Å²) in [5.41, 5.74) is 3.02. The van der Waals surface area contributed by atoms with E-state index in [0.717, 1.165) is 44.0 Å². The Morgan fingerprint density at radius 3 is 2.39 bits per heavy atom. The number of ether oxygens (including phenoxy) is 3. The van der Waals surface area contributed by atoms with Crippen molar-refractivity contribution in [2.24, 2.45) is 0 Å². The highest BCUT2D eigenvalue weighted by atomic mass is 32.1. The Kier molecular flexibility index (Phi) is 4.63. The third-order valence-corrected chi connectivity index (χ3v) is 6.31. The summed E-state index contributed by atoms with van der Waals surface area (Å²) in [7, 11) is 4.77. The summed E-state index contributed by atoms with van der Waals surface area (Å²) >= 11 is 1.58. The molecule has 3 aromatic rings. The number of aryl methyl sites for hydroxylation is 2. The molecule has 0 amide bonds. The zero-order valence-electron chi connectivity index (χ0n) is 16.6. The van der Waals surface area contributed by atoms with Gasteiger partial charge >= 0.3 is 0 Å². The van der Waals surface area contributed by atoms with Crippen LogP contribution in [-0.4, -0.2) is 30.9 Å². The van der Waals surface area contributed by atoms with Crippen molar-refractivity contribution >= 4 is 33.2 Å². The van der Waals surface area contributed by atoms with Gasteiger partial charge in [0.2, 0.25) is 5.75 Å². The van der Waals surface area contributed by atoms with E-state index in [0.29, 0.717) is 23.8 Å². The molecular weight excluding hydrogens is 376 g/mol. The Hall–Kier alpha value is -2.80. The molecule has 146 valence electrons. The maximum absolute atomic E-state index is 13.0. The number of thiophene rings is 1. The van der Waals surface area contributed by atoms with Crippen molar-refractivity contribution in [3.63, 3.8) is 0 Å². The van der Waals surface area contributed by atoms with E-state index < -0.39 is 0 Å². The molecule has 0 atom stereocenters. The van der Waals surface area contributed by atoms with Gasteiger partial charge in [0.05, 0.1) is 26.7 Å². The third-order valence-electron chi connectivity index (χ3n) is 5.21. The van der Waals surface area contributed by atoms with Crippen LogP contribution >= 0.6 is 11.3 Å². The van der Waals surface area contributed by atoms with E-state index >= 15 is 0 Å². The zero-order valence-corrected chi connectivity index (χ0v) is 17.4. The molecule has 0 saturated heterocycles. The van der Waals surface area contributed by atoms with Gasteiger partial charge in [0.1, 0.15) is 10.7 Å². The number of rotatable bonds is 4. The summed E-state index contributed by atoms with van der Waals surface area (Å²) in [5.74, 6) is 2.49. The van der Waals surface area contributed by atoms with Crippen molar-refractivity contribution in [1.82, 2.24) is 9.55 Å². The van der Waals surface area contributed by atoms with Gasteiger partial charge in [-0.2, -0.15) is 0 Å². The Balaban J connectivity index is 1.87. The molecule has 0 spiro atoms. The van der Waals surface area contributed by atoms with Crippen LogP contribution in [0.3, 0.4) is 0 Å². The number of methoxy groups -OCH3 is 3. The van der Waals surface area contributed by atoms with E-state index in [1.54, 1.807) is 37.2 Å². The van der Waals surface area contributed by atoms with Crippen LogP contribution in [0.25, 0.3) is 21.9 Å². The van der Waals surface area contributed by atoms with Crippen LogP contribution in [-0.2, 0) is 6.54 Å². The minimum Gasteiger partial charge on any atom is -0.493 e. The molecular formula is C21H22N2O4S. The molecule has 1 aromatic carbocycles. The maximum Gasteiger partial charge on any atom is 0.262 e. The van der Waals surface area contributed by atoms with Crippen molar-refractivity contribution in [2.45, 2.75) is 26.8 Å². The minimum absolute atomic E-state index is 0.0511. The zero-order chi connectivity index (χ0) is 20.0. The Morgan fingerprint density at radius 1 is 1.11 bits per heavy atom. The second kappa shape index (κ2) is 6.98. The molecule has 0 saturated carbocycles. The molecule has 0 unspecified atom stereocenters. The van der Waals surface area contributed by atoms with Crippen LogP contribution in [0.5, 0.6) is 17.2 Å². The van der Waals surface area contributed by atoms with Crippen LogP contribution in [0.2, 0.25) is 0 Å².